The molecule has 0 saturated heterocycles. The summed E-state index contributed by atoms with van der Waals surface area (Å²) in [6.07, 6.45) is 0. The van der Waals surface area contributed by atoms with Gasteiger partial charge >= 0.3 is 0 Å². The second-order valence-corrected chi connectivity index (χ2v) is 1.98. The van der Waals surface area contributed by atoms with Gasteiger partial charge in [-0.05, 0) is 0 Å². The van der Waals surface area contributed by atoms with Crippen molar-refractivity contribution in [2.75, 3.05) is 24.7 Å². The molecule has 0 radical (unpaired) electrons. The molecule has 0 aliphatic carbocycles. The molecule has 1 aromatic rings. The van der Waals surface area contributed by atoms with Crippen LogP contribution in [0.5, 0.6) is 0 Å². The third kappa shape index (κ3) is 1.13. The minimum Gasteiger partial charge on any atom is -0.368 e. The zero-order valence-corrected chi connectivity index (χ0v) is 5.46. The summed E-state index contributed by atoms with van der Waals surface area (Å²) in [6.45, 7) is 0. The summed E-state index contributed by atoms with van der Waals surface area (Å²) in [5.74, 6) is 1.09. The Bertz CT molecular complexity index is 194. The third-order valence-corrected chi connectivity index (χ3v) is 0.974. The summed E-state index contributed by atoms with van der Waals surface area (Å²) in [5.41, 5.74) is 5.26. The maximum Gasteiger partial charge on any atom is 0.224 e. The van der Waals surface area contributed by atoms with E-state index in [9.17, 15) is 0 Å². The van der Waals surface area contributed by atoms with Crippen molar-refractivity contribution in [2.45, 2.75) is 0 Å². The predicted molar refractivity (Wildman–Crippen MR) is 35.2 cm³/mol. The summed E-state index contributed by atoms with van der Waals surface area (Å²) in [7, 11) is 3.74. The number of anilines is 2. The smallest absolute Gasteiger partial charge is 0.224 e. The molecule has 1 heterocycles. The van der Waals surface area contributed by atoms with Gasteiger partial charge in [0.25, 0.3) is 0 Å². The van der Waals surface area contributed by atoms with Crippen LogP contribution in [0.4, 0.5) is 11.7 Å². The van der Waals surface area contributed by atoms with Crippen molar-refractivity contribution in [1.82, 2.24) is 5.16 Å². The highest BCUT2D eigenvalue weighted by molar-refractivity contribution is 5.42. The fourth-order valence-electron chi connectivity index (χ4n) is 0.490. The molecule has 0 atom stereocenters. The molecule has 2 N–H and O–H groups in total. The molecule has 0 spiro atoms. The van der Waals surface area contributed by atoms with Crippen molar-refractivity contribution in [3.8, 4) is 0 Å². The van der Waals surface area contributed by atoms with E-state index < -0.39 is 0 Å². The van der Waals surface area contributed by atoms with Crippen LogP contribution in [0.15, 0.2) is 10.6 Å². The molecule has 0 aliphatic heterocycles. The normalized spacial score (nSPS) is 9.56. The van der Waals surface area contributed by atoms with Crippen LogP contribution in [0.1, 0.15) is 0 Å². The highest BCUT2D eigenvalue weighted by Crippen LogP contribution is 2.11. The van der Waals surface area contributed by atoms with Gasteiger partial charge in [-0.3, -0.25) is 0 Å². The Hall–Kier alpha value is -1.19. The van der Waals surface area contributed by atoms with Crippen LogP contribution in [-0.4, -0.2) is 19.3 Å². The van der Waals surface area contributed by atoms with E-state index in [0.717, 1.165) is 5.82 Å². The van der Waals surface area contributed by atoms with Crippen molar-refractivity contribution >= 4 is 11.7 Å². The van der Waals surface area contributed by atoms with Crippen LogP contribution in [0.25, 0.3) is 0 Å². The van der Waals surface area contributed by atoms with Gasteiger partial charge in [-0.1, -0.05) is 5.16 Å². The summed E-state index contributed by atoms with van der Waals surface area (Å²) in [5, 5.41) is 3.64. The van der Waals surface area contributed by atoms with Gasteiger partial charge in [0, 0.05) is 20.2 Å². The molecule has 0 unspecified atom stereocenters. The fraction of sp³-hybridized carbons (Fsp3) is 0.400. The summed E-state index contributed by atoms with van der Waals surface area (Å²) >= 11 is 0. The number of rotatable bonds is 1. The molecule has 4 nitrogen and oxygen atoms in total. The SMILES string of the molecule is CN(C)c1cc(N)on1. The number of hydrogen-bond acceptors (Lipinski definition) is 4. The van der Waals surface area contributed by atoms with Crippen molar-refractivity contribution in [3.63, 3.8) is 0 Å². The van der Waals surface area contributed by atoms with E-state index in [-0.39, 0.29) is 0 Å². The zero-order valence-electron chi connectivity index (χ0n) is 5.46. The van der Waals surface area contributed by atoms with E-state index in [4.69, 9.17) is 5.73 Å². The van der Waals surface area contributed by atoms with Crippen LogP contribution in [-0.2, 0) is 0 Å². The molecule has 0 aliphatic rings. The van der Waals surface area contributed by atoms with E-state index in [1.54, 1.807) is 6.07 Å². The lowest BCUT2D eigenvalue weighted by atomic mass is 10.6. The van der Waals surface area contributed by atoms with Crippen LogP contribution >= 0.6 is 0 Å². The highest BCUT2D eigenvalue weighted by Gasteiger charge is 1.99. The Morgan fingerprint density at radius 2 is 2.33 bits per heavy atom. The number of nitrogens with two attached hydrogens (primary N) is 1. The van der Waals surface area contributed by atoms with E-state index >= 15 is 0 Å². The Morgan fingerprint density at radius 3 is 2.56 bits per heavy atom. The molecular weight excluding hydrogens is 118 g/mol. The lowest BCUT2D eigenvalue weighted by Crippen LogP contribution is -2.08. The van der Waals surface area contributed by atoms with Gasteiger partial charge in [0.05, 0.1) is 0 Å². The van der Waals surface area contributed by atoms with Gasteiger partial charge < -0.3 is 15.2 Å². The number of hydrogen-bond donors (Lipinski definition) is 1. The first kappa shape index (κ1) is 5.94. The van der Waals surface area contributed by atoms with E-state index in [2.05, 4.69) is 9.68 Å². The van der Waals surface area contributed by atoms with Crippen molar-refractivity contribution < 1.29 is 4.52 Å². The predicted octanol–water partition coefficient (Wildman–Crippen LogP) is 0.323. The van der Waals surface area contributed by atoms with Crippen LogP contribution in [0.3, 0.4) is 0 Å². The molecule has 0 saturated carbocycles. The lowest BCUT2D eigenvalue weighted by Gasteiger charge is -2.03. The second-order valence-electron chi connectivity index (χ2n) is 1.98. The van der Waals surface area contributed by atoms with Crippen molar-refractivity contribution in [3.05, 3.63) is 6.07 Å². The monoisotopic (exact) mass is 127 g/mol. The summed E-state index contributed by atoms with van der Waals surface area (Å²) in [6, 6.07) is 1.67. The Morgan fingerprint density at radius 1 is 1.67 bits per heavy atom. The number of nitrogens with zero attached hydrogens (tertiary/aromatic N) is 2. The van der Waals surface area contributed by atoms with Crippen molar-refractivity contribution in [2.24, 2.45) is 0 Å². The van der Waals surface area contributed by atoms with Gasteiger partial charge in [-0.15, -0.1) is 0 Å². The number of nitrogen functional groups attached to an aromatic ring is 1. The van der Waals surface area contributed by atoms with Crippen LogP contribution < -0.4 is 10.6 Å². The van der Waals surface area contributed by atoms with Crippen LogP contribution in [0, 0.1) is 0 Å². The fourth-order valence-corrected chi connectivity index (χ4v) is 0.490. The summed E-state index contributed by atoms with van der Waals surface area (Å²) in [4.78, 5) is 1.82. The standard InChI is InChI=1S/C5H9N3O/c1-8(2)5-3-4(6)9-7-5/h3H,6H2,1-2H3. The molecule has 0 aromatic carbocycles. The Balaban J connectivity index is 2.85. The molecule has 9 heavy (non-hydrogen) atoms. The molecule has 1 aromatic heterocycles. The van der Waals surface area contributed by atoms with E-state index in [0.29, 0.717) is 5.88 Å². The van der Waals surface area contributed by atoms with E-state index in [1.807, 2.05) is 19.0 Å². The maximum absolute atomic E-state index is 5.26. The van der Waals surface area contributed by atoms with Crippen LogP contribution in [0.2, 0.25) is 0 Å². The number of aromatic nitrogens is 1. The first-order valence-corrected chi connectivity index (χ1v) is 2.59. The van der Waals surface area contributed by atoms with Gasteiger partial charge in [0.2, 0.25) is 5.88 Å². The molecule has 50 valence electrons. The molecule has 4 heteroatoms. The lowest BCUT2D eigenvalue weighted by molar-refractivity contribution is 0.437. The Kier molecular flexibility index (Phi) is 1.30. The first-order chi connectivity index (χ1) is 4.20. The topological polar surface area (TPSA) is 55.3 Å². The van der Waals surface area contributed by atoms with Gasteiger partial charge in [-0.2, -0.15) is 0 Å². The van der Waals surface area contributed by atoms with Gasteiger partial charge in [-0.25, -0.2) is 0 Å². The zero-order chi connectivity index (χ0) is 6.85. The molecule has 0 fully saturated rings. The largest absolute Gasteiger partial charge is 0.368 e. The Labute approximate surface area is 53.2 Å². The van der Waals surface area contributed by atoms with Gasteiger partial charge in [0.15, 0.2) is 5.82 Å². The van der Waals surface area contributed by atoms with Crippen molar-refractivity contribution in [1.29, 1.82) is 0 Å². The molecular formula is C5H9N3O. The highest BCUT2D eigenvalue weighted by atomic mass is 16.5. The molecule has 0 bridgehead atoms. The molecule has 0 amide bonds. The molecule has 1 rings (SSSR count). The maximum atomic E-state index is 5.26. The summed E-state index contributed by atoms with van der Waals surface area (Å²) < 4.78 is 4.61. The minimum atomic E-state index is 0.346. The third-order valence-electron chi connectivity index (χ3n) is 0.974. The van der Waals surface area contributed by atoms with Gasteiger partial charge in [0.1, 0.15) is 0 Å². The first-order valence-electron chi connectivity index (χ1n) is 2.59. The average molecular weight is 127 g/mol. The second kappa shape index (κ2) is 1.97. The van der Waals surface area contributed by atoms with E-state index in [1.165, 1.54) is 0 Å². The quantitative estimate of drug-likeness (QED) is 0.590. The minimum absolute atomic E-state index is 0.346. The average Bonchev–Trinajstić information content (AvgIpc) is 2.14.